The third-order valence-corrected chi connectivity index (χ3v) is 5.09. The van der Waals surface area contributed by atoms with E-state index in [9.17, 15) is 0 Å². The van der Waals surface area contributed by atoms with E-state index in [4.69, 9.17) is 9.47 Å². The lowest BCUT2D eigenvalue weighted by Crippen LogP contribution is -2.40. The lowest BCUT2D eigenvalue weighted by atomic mass is 10.2. The van der Waals surface area contributed by atoms with Gasteiger partial charge in [0.05, 0.1) is 32.6 Å². The average molecular weight is 474 g/mol. The number of hydrogen-bond acceptors (Lipinski definition) is 9. The first-order chi connectivity index (χ1) is 14.8. The van der Waals surface area contributed by atoms with Crippen molar-refractivity contribution in [3.63, 3.8) is 0 Å². The Morgan fingerprint density at radius 3 is 2.03 bits per heavy atom. The number of aromatic nitrogens is 3. The van der Waals surface area contributed by atoms with E-state index in [1.54, 1.807) is 6.21 Å². The molecular formula is C20H24BrN7O2. The Morgan fingerprint density at radius 1 is 0.900 bits per heavy atom. The van der Waals surface area contributed by atoms with Crippen LogP contribution in [0.1, 0.15) is 5.56 Å². The molecule has 0 aliphatic carbocycles. The predicted octanol–water partition coefficient (Wildman–Crippen LogP) is 2.38. The Kier molecular flexibility index (Phi) is 7.22. The van der Waals surface area contributed by atoms with Gasteiger partial charge in [-0.05, 0) is 27.6 Å². The summed E-state index contributed by atoms with van der Waals surface area (Å²) in [7, 11) is 0. The van der Waals surface area contributed by atoms with E-state index in [1.807, 2.05) is 36.4 Å². The molecule has 158 valence electrons. The third-order valence-electron chi connectivity index (χ3n) is 4.66. The predicted molar refractivity (Wildman–Crippen MR) is 121 cm³/mol. The summed E-state index contributed by atoms with van der Waals surface area (Å²) in [6.45, 7) is 5.66. The fraction of sp³-hybridized carbons (Fsp3) is 0.400. The van der Waals surface area contributed by atoms with Crippen LogP contribution in [0, 0.1) is 0 Å². The minimum atomic E-state index is 0.407. The maximum atomic E-state index is 5.45. The summed E-state index contributed by atoms with van der Waals surface area (Å²) in [5, 5.41) is 4.28. The monoisotopic (exact) mass is 473 g/mol. The van der Waals surface area contributed by atoms with Crippen molar-refractivity contribution in [1.29, 1.82) is 0 Å². The number of allylic oxidation sites excluding steroid dienone is 1. The Morgan fingerprint density at radius 2 is 1.47 bits per heavy atom. The summed E-state index contributed by atoms with van der Waals surface area (Å²) in [4.78, 5) is 18.0. The van der Waals surface area contributed by atoms with Gasteiger partial charge in [-0.15, -0.1) is 0 Å². The SMILES string of the molecule is Br/C(C=NNc1nc(N2CCOCC2)nc(N2CCOCC2)n1)=C/c1ccccc1. The molecule has 0 radical (unpaired) electrons. The molecule has 4 rings (SSSR count). The number of ether oxygens (including phenoxy) is 2. The van der Waals surface area contributed by atoms with E-state index in [0.717, 1.165) is 36.2 Å². The second-order valence-corrected chi connectivity index (χ2v) is 7.68. The lowest BCUT2D eigenvalue weighted by Gasteiger charge is -2.30. The van der Waals surface area contributed by atoms with Crippen molar-refractivity contribution in [2.45, 2.75) is 0 Å². The van der Waals surface area contributed by atoms with Gasteiger partial charge in [0.1, 0.15) is 0 Å². The normalized spacial score (nSPS) is 18.1. The summed E-state index contributed by atoms with van der Waals surface area (Å²) >= 11 is 3.52. The minimum Gasteiger partial charge on any atom is -0.378 e. The van der Waals surface area contributed by atoms with E-state index in [2.05, 4.69) is 51.2 Å². The quantitative estimate of drug-likeness (QED) is 0.505. The highest BCUT2D eigenvalue weighted by Crippen LogP contribution is 2.19. The molecule has 3 heterocycles. The van der Waals surface area contributed by atoms with Crippen molar-refractivity contribution < 1.29 is 9.47 Å². The molecule has 2 saturated heterocycles. The number of nitrogens with one attached hydrogen (secondary N) is 1. The van der Waals surface area contributed by atoms with Gasteiger partial charge in [0.15, 0.2) is 0 Å². The standard InChI is InChI=1S/C20H24BrN7O2/c21-17(14-16-4-2-1-3-5-16)15-22-26-18-23-19(27-6-10-29-11-7-27)25-20(24-18)28-8-12-30-13-9-28/h1-5,14-15H,6-13H2,(H,23,24,25,26)/b17-14+,22-15?. The Balaban J connectivity index is 1.51. The van der Waals surface area contributed by atoms with Crippen LogP contribution in [0.25, 0.3) is 6.08 Å². The van der Waals surface area contributed by atoms with Crippen LogP contribution in [0.2, 0.25) is 0 Å². The first-order valence-corrected chi connectivity index (χ1v) is 10.7. The molecule has 0 amide bonds. The molecule has 2 aliphatic heterocycles. The molecule has 0 bridgehead atoms. The number of halogens is 1. The van der Waals surface area contributed by atoms with Gasteiger partial charge in [-0.2, -0.15) is 20.1 Å². The molecule has 2 fully saturated rings. The van der Waals surface area contributed by atoms with Crippen LogP contribution in [0.4, 0.5) is 17.8 Å². The number of hydrogen-bond donors (Lipinski definition) is 1. The number of rotatable bonds is 6. The van der Waals surface area contributed by atoms with Gasteiger partial charge >= 0.3 is 0 Å². The van der Waals surface area contributed by atoms with Crippen molar-refractivity contribution in [3.8, 4) is 0 Å². The maximum Gasteiger partial charge on any atom is 0.250 e. The van der Waals surface area contributed by atoms with E-state index in [1.165, 1.54) is 0 Å². The van der Waals surface area contributed by atoms with Crippen LogP contribution in [0.3, 0.4) is 0 Å². The van der Waals surface area contributed by atoms with Crippen molar-refractivity contribution in [3.05, 3.63) is 40.4 Å². The molecule has 1 aromatic heterocycles. The molecule has 9 nitrogen and oxygen atoms in total. The van der Waals surface area contributed by atoms with Gasteiger partial charge in [0.2, 0.25) is 17.8 Å². The van der Waals surface area contributed by atoms with Gasteiger partial charge in [0.25, 0.3) is 0 Å². The average Bonchev–Trinajstić information content (AvgIpc) is 2.81. The van der Waals surface area contributed by atoms with Crippen molar-refractivity contribution >= 4 is 46.1 Å². The van der Waals surface area contributed by atoms with Crippen molar-refractivity contribution in [1.82, 2.24) is 15.0 Å². The number of anilines is 3. The first-order valence-electron chi connectivity index (χ1n) is 9.91. The molecule has 2 aromatic rings. The maximum absolute atomic E-state index is 5.45. The zero-order valence-corrected chi connectivity index (χ0v) is 18.2. The van der Waals surface area contributed by atoms with Crippen molar-refractivity contribution in [2.24, 2.45) is 5.10 Å². The van der Waals surface area contributed by atoms with Crippen LogP contribution in [-0.4, -0.2) is 73.8 Å². The lowest BCUT2D eigenvalue weighted by molar-refractivity contribution is 0.121. The van der Waals surface area contributed by atoms with Crippen LogP contribution < -0.4 is 15.2 Å². The molecule has 0 spiro atoms. The smallest absolute Gasteiger partial charge is 0.250 e. The van der Waals surface area contributed by atoms with E-state index < -0.39 is 0 Å². The number of hydrazone groups is 1. The molecule has 0 saturated carbocycles. The summed E-state index contributed by atoms with van der Waals surface area (Å²) in [6.07, 6.45) is 3.66. The van der Waals surface area contributed by atoms with Gasteiger partial charge in [-0.1, -0.05) is 30.3 Å². The zero-order chi connectivity index (χ0) is 20.6. The Labute approximate surface area is 183 Å². The molecule has 10 heteroatoms. The molecule has 0 unspecified atom stereocenters. The fourth-order valence-corrected chi connectivity index (χ4v) is 3.48. The topological polar surface area (TPSA) is 88.0 Å². The largest absolute Gasteiger partial charge is 0.378 e. The number of benzene rings is 1. The number of morpholine rings is 2. The summed E-state index contributed by atoms with van der Waals surface area (Å²) < 4.78 is 11.7. The highest BCUT2D eigenvalue weighted by atomic mass is 79.9. The van der Waals surface area contributed by atoms with Gasteiger partial charge < -0.3 is 19.3 Å². The van der Waals surface area contributed by atoms with Crippen LogP contribution in [-0.2, 0) is 9.47 Å². The zero-order valence-electron chi connectivity index (χ0n) is 16.6. The molecule has 1 N–H and O–H groups in total. The molecule has 0 atom stereocenters. The minimum absolute atomic E-state index is 0.407. The number of nitrogens with zero attached hydrogens (tertiary/aromatic N) is 6. The highest BCUT2D eigenvalue weighted by Gasteiger charge is 2.20. The van der Waals surface area contributed by atoms with Crippen LogP contribution in [0.5, 0.6) is 0 Å². The second-order valence-electron chi connectivity index (χ2n) is 6.77. The molecular weight excluding hydrogens is 450 g/mol. The van der Waals surface area contributed by atoms with E-state index in [-0.39, 0.29) is 0 Å². The van der Waals surface area contributed by atoms with E-state index >= 15 is 0 Å². The van der Waals surface area contributed by atoms with Crippen LogP contribution >= 0.6 is 15.9 Å². The fourth-order valence-electron chi connectivity index (χ4n) is 3.11. The van der Waals surface area contributed by atoms with Crippen LogP contribution in [0.15, 0.2) is 39.9 Å². The Bertz CT molecular complexity index is 846. The van der Waals surface area contributed by atoms with E-state index in [0.29, 0.717) is 44.3 Å². The first kappa shape index (κ1) is 20.7. The van der Waals surface area contributed by atoms with Gasteiger partial charge in [-0.25, -0.2) is 5.43 Å². The summed E-state index contributed by atoms with van der Waals surface area (Å²) in [6, 6.07) is 10.0. The third kappa shape index (κ3) is 5.74. The Hall–Kier alpha value is -2.56. The summed E-state index contributed by atoms with van der Waals surface area (Å²) in [5.74, 6) is 1.67. The molecule has 2 aliphatic rings. The second kappa shape index (κ2) is 10.5. The summed E-state index contributed by atoms with van der Waals surface area (Å²) in [5.41, 5.74) is 4.02. The molecule has 1 aromatic carbocycles. The van der Waals surface area contributed by atoms with Crippen molar-refractivity contribution in [2.75, 3.05) is 67.8 Å². The van der Waals surface area contributed by atoms with Gasteiger partial charge in [-0.3, -0.25) is 0 Å². The van der Waals surface area contributed by atoms with Gasteiger partial charge in [0, 0.05) is 30.7 Å². The molecule has 30 heavy (non-hydrogen) atoms. The highest BCUT2D eigenvalue weighted by molar-refractivity contribution is 9.12.